The quantitative estimate of drug-likeness (QED) is 0.769. The summed E-state index contributed by atoms with van der Waals surface area (Å²) in [6.07, 6.45) is 3.35. The van der Waals surface area contributed by atoms with Gasteiger partial charge in [0.1, 0.15) is 0 Å². The first-order valence-electron chi connectivity index (χ1n) is 4.72. The van der Waals surface area contributed by atoms with Crippen LogP contribution in [0.2, 0.25) is 0 Å². The van der Waals surface area contributed by atoms with Gasteiger partial charge in [-0.2, -0.15) is 0 Å². The van der Waals surface area contributed by atoms with Gasteiger partial charge < -0.3 is 5.11 Å². The van der Waals surface area contributed by atoms with Crippen LogP contribution < -0.4 is 0 Å². The number of hydrogen-bond donors (Lipinski definition) is 1. The van der Waals surface area contributed by atoms with Crippen LogP contribution in [0.15, 0.2) is 42.5 Å². The first kappa shape index (κ1) is 9.16. The molecule has 2 rings (SSSR count). The Balaban J connectivity index is 2.17. The van der Waals surface area contributed by atoms with Gasteiger partial charge in [0.2, 0.25) is 0 Å². The fourth-order valence-electron chi connectivity index (χ4n) is 1.74. The lowest BCUT2D eigenvalue weighted by Gasteiger charge is -2.16. The van der Waals surface area contributed by atoms with Crippen LogP contribution in [0.1, 0.15) is 18.1 Å². The van der Waals surface area contributed by atoms with Gasteiger partial charge in [0, 0.05) is 0 Å². The molecule has 0 saturated carbocycles. The average molecular weight is 188 g/mol. The third-order valence-corrected chi connectivity index (χ3v) is 2.56. The normalized spacial score (nSPS) is 22.6. The van der Waals surface area contributed by atoms with E-state index in [2.05, 4.69) is 0 Å². The molecule has 0 aliphatic heterocycles. The topological polar surface area (TPSA) is 37.3 Å². The molecule has 2 unspecified atom stereocenters. The van der Waals surface area contributed by atoms with Gasteiger partial charge in [0.15, 0.2) is 5.78 Å². The summed E-state index contributed by atoms with van der Waals surface area (Å²) in [5.41, 5.74) is 0.814. The number of carbonyl (C=O) groups excluding carboxylic acids is 1. The Kier molecular flexibility index (Phi) is 2.46. The maximum Gasteiger partial charge on any atom is 0.161 e. The standard InChI is InChI=1S/C12H12O2/c13-11-8-4-7-10(11)12(14)9-5-2-1-3-6-9/h1-6,8,10,12,14H,7H2. The predicted octanol–water partition coefficient (Wildman–Crippen LogP) is 1.87. The van der Waals surface area contributed by atoms with E-state index in [9.17, 15) is 9.90 Å². The second kappa shape index (κ2) is 3.76. The first-order valence-corrected chi connectivity index (χ1v) is 4.72. The van der Waals surface area contributed by atoms with Gasteiger partial charge in [0.05, 0.1) is 12.0 Å². The summed E-state index contributed by atoms with van der Waals surface area (Å²) >= 11 is 0. The molecule has 0 spiro atoms. The Labute approximate surface area is 82.9 Å². The smallest absolute Gasteiger partial charge is 0.161 e. The van der Waals surface area contributed by atoms with E-state index < -0.39 is 6.10 Å². The zero-order valence-corrected chi connectivity index (χ0v) is 7.76. The monoisotopic (exact) mass is 188 g/mol. The highest BCUT2D eigenvalue weighted by Gasteiger charge is 2.28. The van der Waals surface area contributed by atoms with E-state index in [1.165, 1.54) is 0 Å². The van der Waals surface area contributed by atoms with E-state index in [-0.39, 0.29) is 11.7 Å². The molecule has 0 saturated heterocycles. The van der Waals surface area contributed by atoms with Crippen LogP contribution in [0.5, 0.6) is 0 Å². The molecular weight excluding hydrogens is 176 g/mol. The maximum absolute atomic E-state index is 11.3. The third kappa shape index (κ3) is 1.61. The summed E-state index contributed by atoms with van der Waals surface area (Å²) < 4.78 is 0. The molecule has 0 amide bonds. The molecule has 2 heteroatoms. The first-order chi connectivity index (χ1) is 6.79. The molecule has 2 atom stereocenters. The lowest BCUT2D eigenvalue weighted by atomic mass is 9.93. The molecule has 72 valence electrons. The minimum absolute atomic E-state index is 0.0290. The highest BCUT2D eigenvalue weighted by Crippen LogP contribution is 2.29. The number of aliphatic hydroxyl groups is 1. The SMILES string of the molecule is O=C1C=CCC1C(O)c1ccccc1. The van der Waals surface area contributed by atoms with E-state index in [1.807, 2.05) is 36.4 Å². The fourth-order valence-corrected chi connectivity index (χ4v) is 1.74. The van der Waals surface area contributed by atoms with Crippen molar-refractivity contribution in [2.45, 2.75) is 12.5 Å². The average Bonchev–Trinajstić information content (AvgIpc) is 2.65. The number of rotatable bonds is 2. The van der Waals surface area contributed by atoms with Crippen molar-refractivity contribution in [3.8, 4) is 0 Å². The van der Waals surface area contributed by atoms with E-state index in [0.717, 1.165) is 5.56 Å². The minimum atomic E-state index is -0.668. The maximum atomic E-state index is 11.3. The van der Waals surface area contributed by atoms with Crippen molar-refractivity contribution in [2.75, 3.05) is 0 Å². The van der Waals surface area contributed by atoms with E-state index in [0.29, 0.717) is 6.42 Å². The Morgan fingerprint density at radius 1 is 1.29 bits per heavy atom. The van der Waals surface area contributed by atoms with Crippen LogP contribution in [0.3, 0.4) is 0 Å². The number of ketones is 1. The second-order valence-electron chi connectivity index (χ2n) is 3.50. The summed E-state index contributed by atoms with van der Waals surface area (Å²) in [6.45, 7) is 0. The van der Waals surface area contributed by atoms with E-state index >= 15 is 0 Å². The Hall–Kier alpha value is -1.41. The molecule has 0 aromatic heterocycles. The van der Waals surface area contributed by atoms with Crippen LogP contribution in [0.25, 0.3) is 0 Å². The molecule has 1 aliphatic carbocycles. The number of benzene rings is 1. The van der Waals surface area contributed by atoms with Gasteiger partial charge in [-0.05, 0) is 18.1 Å². The van der Waals surface area contributed by atoms with Crippen molar-refractivity contribution in [2.24, 2.45) is 5.92 Å². The van der Waals surface area contributed by atoms with Gasteiger partial charge >= 0.3 is 0 Å². The summed E-state index contributed by atoms with van der Waals surface area (Å²) in [7, 11) is 0. The highest BCUT2D eigenvalue weighted by molar-refractivity contribution is 5.94. The van der Waals surface area contributed by atoms with Gasteiger partial charge in [-0.3, -0.25) is 4.79 Å². The van der Waals surface area contributed by atoms with E-state index in [1.54, 1.807) is 6.08 Å². The molecule has 0 bridgehead atoms. The molecule has 0 radical (unpaired) electrons. The fraction of sp³-hybridized carbons (Fsp3) is 0.250. The van der Waals surface area contributed by atoms with E-state index in [4.69, 9.17) is 0 Å². The summed E-state index contributed by atoms with van der Waals surface area (Å²) in [6, 6.07) is 9.31. The number of allylic oxidation sites excluding steroid dienone is 2. The van der Waals surface area contributed by atoms with Crippen molar-refractivity contribution in [3.63, 3.8) is 0 Å². The Morgan fingerprint density at radius 3 is 2.57 bits per heavy atom. The van der Waals surface area contributed by atoms with Crippen molar-refractivity contribution in [3.05, 3.63) is 48.0 Å². The molecule has 14 heavy (non-hydrogen) atoms. The van der Waals surface area contributed by atoms with Crippen LogP contribution in [0.4, 0.5) is 0 Å². The van der Waals surface area contributed by atoms with Crippen LogP contribution in [-0.4, -0.2) is 10.9 Å². The lowest BCUT2D eigenvalue weighted by molar-refractivity contribution is -0.120. The molecule has 2 nitrogen and oxygen atoms in total. The Bertz CT molecular complexity index is 354. The molecule has 1 aromatic carbocycles. The molecule has 0 heterocycles. The molecule has 1 N–H and O–H groups in total. The van der Waals surface area contributed by atoms with Crippen molar-refractivity contribution in [1.29, 1.82) is 0 Å². The van der Waals surface area contributed by atoms with Crippen molar-refractivity contribution in [1.82, 2.24) is 0 Å². The molecule has 1 aliphatic rings. The molecular formula is C12H12O2. The molecule has 1 aromatic rings. The highest BCUT2D eigenvalue weighted by atomic mass is 16.3. The number of aliphatic hydroxyl groups excluding tert-OH is 1. The van der Waals surface area contributed by atoms with Gasteiger partial charge in [-0.25, -0.2) is 0 Å². The van der Waals surface area contributed by atoms with Gasteiger partial charge in [0.25, 0.3) is 0 Å². The van der Waals surface area contributed by atoms with Crippen LogP contribution in [-0.2, 0) is 4.79 Å². The molecule has 0 fully saturated rings. The zero-order valence-electron chi connectivity index (χ0n) is 7.76. The lowest BCUT2D eigenvalue weighted by Crippen LogP contribution is -2.16. The zero-order chi connectivity index (χ0) is 9.97. The van der Waals surface area contributed by atoms with Gasteiger partial charge in [-0.15, -0.1) is 0 Å². The Morgan fingerprint density at radius 2 is 2.00 bits per heavy atom. The van der Waals surface area contributed by atoms with Crippen molar-refractivity contribution < 1.29 is 9.90 Å². The minimum Gasteiger partial charge on any atom is -0.388 e. The largest absolute Gasteiger partial charge is 0.388 e. The number of hydrogen-bond acceptors (Lipinski definition) is 2. The predicted molar refractivity (Wildman–Crippen MR) is 53.7 cm³/mol. The van der Waals surface area contributed by atoms with Crippen LogP contribution >= 0.6 is 0 Å². The summed E-state index contributed by atoms with van der Waals surface area (Å²) in [5, 5.41) is 9.93. The summed E-state index contributed by atoms with van der Waals surface area (Å²) in [4.78, 5) is 11.3. The van der Waals surface area contributed by atoms with Crippen LogP contribution in [0, 0.1) is 5.92 Å². The van der Waals surface area contributed by atoms with Gasteiger partial charge in [-0.1, -0.05) is 36.4 Å². The third-order valence-electron chi connectivity index (χ3n) is 2.56. The number of carbonyl (C=O) groups is 1. The summed E-state index contributed by atoms with van der Waals surface area (Å²) in [5.74, 6) is -0.251. The second-order valence-corrected chi connectivity index (χ2v) is 3.50. The van der Waals surface area contributed by atoms with Crippen molar-refractivity contribution >= 4 is 5.78 Å².